The summed E-state index contributed by atoms with van der Waals surface area (Å²) in [6.45, 7) is 0. The number of anilines is 2. The SMILES string of the molecule is COc1ccc(Cl)cc1NC(=O)C(Sc1ccc(NC(=O)/C(=C/c2ccc(Cl)cc2Cl)NC(=O)c2ccccc2)cc1)c1ccccc1. The van der Waals surface area contributed by atoms with Crippen LogP contribution in [0.1, 0.15) is 26.7 Å². The van der Waals surface area contributed by atoms with Crippen molar-refractivity contribution in [2.45, 2.75) is 10.1 Å². The number of nitrogens with one attached hydrogen (secondary N) is 3. The van der Waals surface area contributed by atoms with Crippen molar-refractivity contribution in [3.05, 3.63) is 159 Å². The molecule has 0 aliphatic carbocycles. The van der Waals surface area contributed by atoms with E-state index in [2.05, 4.69) is 16.0 Å². The van der Waals surface area contributed by atoms with Crippen LogP contribution >= 0.6 is 46.6 Å². The lowest BCUT2D eigenvalue weighted by molar-refractivity contribution is -0.116. The number of hydrogen-bond donors (Lipinski definition) is 3. The van der Waals surface area contributed by atoms with Crippen molar-refractivity contribution in [2.75, 3.05) is 17.7 Å². The third-order valence-electron chi connectivity index (χ3n) is 6.92. The zero-order chi connectivity index (χ0) is 34.0. The zero-order valence-electron chi connectivity index (χ0n) is 25.4. The molecule has 0 aromatic heterocycles. The molecule has 0 aliphatic heterocycles. The molecule has 11 heteroatoms. The van der Waals surface area contributed by atoms with E-state index in [0.29, 0.717) is 43.3 Å². The predicted octanol–water partition coefficient (Wildman–Crippen LogP) is 9.54. The highest BCUT2D eigenvalue weighted by atomic mass is 35.5. The number of halogens is 3. The lowest BCUT2D eigenvalue weighted by atomic mass is 10.1. The van der Waals surface area contributed by atoms with Crippen molar-refractivity contribution >= 4 is 81.7 Å². The topological polar surface area (TPSA) is 96.5 Å². The van der Waals surface area contributed by atoms with Crippen LogP contribution in [0, 0.1) is 0 Å². The summed E-state index contributed by atoms with van der Waals surface area (Å²) >= 11 is 19.9. The van der Waals surface area contributed by atoms with Gasteiger partial charge < -0.3 is 20.7 Å². The van der Waals surface area contributed by atoms with Crippen LogP contribution in [0.4, 0.5) is 11.4 Å². The molecule has 5 rings (SSSR count). The number of carbonyl (C=O) groups is 3. The maximum absolute atomic E-state index is 13.6. The smallest absolute Gasteiger partial charge is 0.272 e. The Balaban J connectivity index is 1.35. The molecular weight excluding hydrogens is 689 g/mol. The number of amides is 3. The highest BCUT2D eigenvalue weighted by molar-refractivity contribution is 8.00. The largest absolute Gasteiger partial charge is 0.495 e. The molecule has 5 aromatic rings. The van der Waals surface area contributed by atoms with Crippen LogP contribution in [0.3, 0.4) is 0 Å². The van der Waals surface area contributed by atoms with Crippen molar-refractivity contribution in [2.24, 2.45) is 0 Å². The Bertz CT molecular complexity index is 1960. The normalized spacial score (nSPS) is 11.7. The van der Waals surface area contributed by atoms with E-state index in [4.69, 9.17) is 39.5 Å². The van der Waals surface area contributed by atoms with E-state index >= 15 is 0 Å². The second kappa shape index (κ2) is 16.4. The maximum atomic E-state index is 13.6. The second-order valence-electron chi connectivity index (χ2n) is 10.3. The van der Waals surface area contributed by atoms with Crippen molar-refractivity contribution in [3.63, 3.8) is 0 Å². The second-order valence-corrected chi connectivity index (χ2v) is 12.7. The molecular formula is C37H28Cl3N3O4S. The van der Waals surface area contributed by atoms with Crippen molar-refractivity contribution in [1.29, 1.82) is 0 Å². The summed E-state index contributed by atoms with van der Waals surface area (Å²) in [5.74, 6) is -0.817. The van der Waals surface area contributed by atoms with E-state index in [1.807, 2.05) is 30.3 Å². The summed E-state index contributed by atoms with van der Waals surface area (Å²) in [6, 6.07) is 34.8. The molecule has 5 aromatic carbocycles. The highest BCUT2D eigenvalue weighted by Gasteiger charge is 2.24. The predicted molar refractivity (Wildman–Crippen MR) is 195 cm³/mol. The number of hydrogen-bond acceptors (Lipinski definition) is 5. The van der Waals surface area contributed by atoms with E-state index < -0.39 is 17.1 Å². The fourth-order valence-corrected chi connectivity index (χ4v) is 6.20. The minimum atomic E-state index is -0.623. The van der Waals surface area contributed by atoms with Gasteiger partial charge in [-0.1, -0.05) is 89.4 Å². The molecule has 0 saturated heterocycles. The third kappa shape index (κ3) is 9.20. The van der Waals surface area contributed by atoms with E-state index in [1.54, 1.807) is 91.0 Å². The van der Waals surface area contributed by atoms with Gasteiger partial charge in [0.25, 0.3) is 11.8 Å². The monoisotopic (exact) mass is 715 g/mol. The third-order valence-corrected chi connectivity index (χ3v) is 8.98. The number of thioether (sulfide) groups is 1. The molecule has 0 bridgehead atoms. The summed E-state index contributed by atoms with van der Waals surface area (Å²) in [6.07, 6.45) is 1.48. The quantitative estimate of drug-likeness (QED) is 0.0935. The molecule has 3 amide bonds. The molecule has 0 aliphatic rings. The van der Waals surface area contributed by atoms with Crippen molar-refractivity contribution in [1.82, 2.24) is 5.32 Å². The van der Waals surface area contributed by atoms with Gasteiger partial charge in [0.15, 0.2) is 0 Å². The van der Waals surface area contributed by atoms with Crippen LogP contribution in [0.2, 0.25) is 15.1 Å². The van der Waals surface area contributed by atoms with E-state index in [1.165, 1.54) is 24.9 Å². The summed E-state index contributed by atoms with van der Waals surface area (Å²) in [5, 5.41) is 9.05. The fraction of sp³-hybridized carbons (Fsp3) is 0.0541. The number of methoxy groups -OCH3 is 1. The molecule has 0 radical (unpaired) electrons. The van der Waals surface area contributed by atoms with Crippen LogP contribution in [0.25, 0.3) is 6.08 Å². The first-order chi connectivity index (χ1) is 23.2. The Morgan fingerprint density at radius 1 is 0.750 bits per heavy atom. The minimum absolute atomic E-state index is 0.0243. The molecule has 1 unspecified atom stereocenters. The lowest BCUT2D eigenvalue weighted by Crippen LogP contribution is -2.30. The Hall–Kier alpha value is -4.73. The number of rotatable bonds is 11. The first-order valence-electron chi connectivity index (χ1n) is 14.5. The van der Waals surface area contributed by atoms with Crippen LogP contribution in [0.15, 0.2) is 132 Å². The van der Waals surface area contributed by atoms with E-state index in [0.717, 1.165) is 10.5 Å². The molecule has 0 saturated carbocycles. The first-order valence-corrected chi connectivity index (χ1v) is 16.5. The molecule has 0 spiro atoms. The van der Waals surface area contributed by atoms with Gasteiger partial charge in [0.2, 0.25) is 5.91 Å². The molecule has 7 nitrogen and oxygen atoms in total. The Morgan fingerprint density at radius 3 is 2.06 bits per heavy atom. The van der Waals surface area contributed by atoms with E-state index in [-0.39, 0.29) is 11.6 Å². The number of carbonyl (C=O) groups excluding carboxylic acids is 3. The number of ether oxygens (including phenoxy) is 1. The van der Waals surface area contributed by atoms with Gasteiger partial charge in [0.1, 0.15) is 16.7 Å². The first kappa shape index (κ1) is 34.6. The molecule has 0 heterocycles. The zero-order valence-corrected chi connectivity index (χ0v) is 28.5. The Kier molecular flexibility index (Phi) is 11.8. The minimum Gasteiger partial charge on any atom is -0.495 e. The average molecular weight is 717 g/mol. The van der Waals surface area contributed by atoms with Gasteiger partial charge >= 0.3 is 0 Å². The van der Waals surface area contributed by atoms with Crippen LogP contribution in [-0.2, 0) is 9.59 Å². The molecule has 0 fully saturated rings. The Morgan fingerprint density at radius 2 is 1.40 bits per heavy atom. The summed E-state index contributed by atoms with van der Waals surface area (Å²) in [7, 11) is 1.52. The highest BCUT2D eigenvalue weighted by Crippen LogP contribution is 2.38. The maximum Gasteiger partial charge on any atom is 0.272 e. The van der Waals surface area contributed by atoms with Gasteiger partial charge in [-0.3, -0.25) is 14.4 Å². The van der Waals surface area contributed by atoms with Gasteiger partial charge in [0.05, 0.1) is 12.8 Å². The molecule has 242 valence electrons. The van der Waals surface area contributed by atoms with Crippen LogP contribution in [-0.4, -0.2) is 24.8 Å². The van der Waals surface area contributed by atoms with Gasteiger partial charge in [-0.25, -0.2) is 0 Å². The van der Waals surface area contributed by atoms with Gasteiger partial charge in [-0.2, -0.15) is 0 Å². The lowest BCUT2D eigenvalue weighted by Gasteiger charge is -2.19. The average Bonchev–Trinajstić information content (AvgIpc) is 3.09. The van der Waals surface area contributed by atoms with Crippen molar-refractivity contribution < 1.29 is 19.1 Å². The molecule has 3 N–H and O–H groups in total. The number of benzene rings is 5. The van der Waals surface area contributed by atoms with Gasteiger partial charge in [-0.05, 0) is 83.9 Å². The summed E-state index contributed by atoms with van der Waals surface area (Å²) in [5.41, 5.74) is 2.57. The van der Waals surface area contributed by atoms with Crippen LogP contribution in [0.5, 0.6) is 5.75 Å². The summed E-state index contributed by atoms with van der Waals surface area (Å²) in [4.78, 5) is 40.9. The van der Waals surface area contributed by atoms with Crippen LogP contribution < -0.4 is 20.7 Å². The standard InChI is InChI=1S/C37H28Cl3N3O4S/c1-47-33-19-14-27(39)22-31(33)42-37(46)34(23-8-4-2-5-9-23)48-29-17-15-28(16-18-29)41-36(45)32(20-25-12-13-26(38)21-30(25)40)43-35(44)24-10-6-3-7-11-24/h2-22,34H,1H3,(H,41,45)(H,42,46)(H,43,44)/b32-20-. The Labute approximate surface area is 297 Å². The van der Waals surface area contributed by atoms with E-state index in [9.17, 15) is 14.4 Å². The molecule has 48 heavy (non-hydrogen) atoms. The fourth-order valence-electron chi connectivity index (χ4n) is 4.54. The van der Waals surface area contributed by atoms with Crippen molar-refractivity contribution in [3.8, 4) is 5.75 Å². The van der Waals surface area contributed by atoms with Gasteiger partial charge in [0, 0.05) is 31.2 Å². The van der Waals surface area contributed by atoms with Gasteiger partial charge in [-0.15, -0.1) is 11.8 Å². The molecule has 1 atom stereocenters. The summed E-state index contributed by atoms with van der Waals surface area (Å²) < 4.78 is 5.40.